The second kappa shape index (κ2) is 2.49. The molecule has 0 aromatic heterocycles. The minimum atomic E-state index is 0.916. The summed E-state index contributed by atoms with van der Waals surface area (Å²) in [4.78, 5) is 3.78. The molecule has 0 bridgehead atoms. The molecule has 0 spiro atoms. The predicted molar refractivity (Wildman–Crippen MR) is 35.9 cm³/mol. The first kappa shape index (κ1) is 5.34. The zero-order chi connectivity index (χ0) is 5.11. The Bertz CT molecular complexity index is 75.0. The molecule has 2 N–H and O–H groups in total. The number of thiocarbonyl (C=S) groups is 1. The fourth-order valence-corrected chi connectivity index (χ4v) is 1.30. The normalized spacial score (nSPS) is 21.4. The Morgan fingerprint density at radius 1 is 1.71 bits per heavy atom. The highest BCUT2D eigenvalue weighted by molar-refractivity contribution is 7.97. The van der Waals surface area contributed by atoms with Crippen molar-refractivity contribution in [3.05, 3.63) is 0 Å². The van der Waals surface area contributed by atoms with Crippen LogP contribution in [0.4, 0.5) is 0 Å². The van der Waals surface area contributed by atoms with Crippen molar-refractivity contribution >= 4 is 29.2 Å². The summed E-state index contributed by atoms with van der Waals surface area (Å²) in [6.07, 6.45) is 1.01. The predicted octanol–water partition coefficient (Wildman–Crippen LogP) is 0.460. The monoisotopic (exact) mass is 134 g/mol. The maximum atomic E-state index is 4.82. The standard InChI is InChI=1S/C3H6N2S2/c6-3-1-2-7-5-4-3/h5H,1-2H2,(H,4,6). The highest BCUT2D eigenvalue weighted by Crippen LogP contribution is 2.00. The summed E-state index contributed by atoms with van der Waals surface area (Å²) < 4.78 is 0. The highest BCUT2D eigenvalue weighted by atomic mass is 32.2. The summed E-state index contributed by atoms with van der Waals surface area (Å²) in [5, 5.41) is 0. The van der Waals surface area contributed by atoms with Gasteiger partial charge in [-0.2, -0.15) is 4.83 Å². The maximum absolute atomic E-state index is 4.82. The first-order valence-electron chi connectivity index (χ1n) is 2.05. The van der Waals surface area contributed by atoms with Crippen LogP contribution in [0.3, 0.4) is 0 Å². The van der Waals surface area contributed by atoms with Gasteiger partial charge in [0.1, 0.15) is 0 Å². The molecule has 1 aliphatic rings. The average molecular weight is 134 g/mol. The molecule has 1 aliphatic heterocycles. The van der Waals surface area contributed by atoms with Crippen LogP contribution < -0.4 is 10.3 Å². The first-order chi connectivity index (χ1) is 3.39. The van der Waals surface area contributed by atoms with Gasteiger partial charge < -0.3 is 5.43 Å². The zero-order valence-corrected chi connectivity index (χ0v) is 5.36. The van der Waals surface area contributed by atoms with Crippen molar-refractivity contribution in [2.75, 3.05) is 5.75 Å². The second-order valence-corrected chi connectivity index (χ2v) is 2.64. The third-order valence-corrected chi connectivity index (χ3v) is 1.65. The van der Waals surface area contributed by atoms with Crippen molar-refractivity contribution in [3.63, 3.8) is 0 Å². The second-order valence-electron chi connectivity index (χ2n) is 1.25. The van der Waals surface area contributed by atoms with Gasteiger partial charge in [0.05, 0.1) is 4.99 Å². The van der Waals surface area contributed by atoms with Crippen molar-refractivity contribution in [2.45, 2.75) is 6.42 Å². The Labute approximate surface area is 52.2 Å². The number of rotatable bonds is 0. The summed E-state index contributed by atoms with van der Waals surface area (Å²) in [5.41, 5.74) is 2.83. The first-order valence-corrected chi connectivity index (χ1v) is 3.44. The van der Waals surface area contributed by atoms with Crippen LogP contribution in [0.15, 0.2) is 0 Å². The summed E-state index contributed by atoms with van der Waals surface area (Å²) >= 11 is 6.47. The van der Waals surface area contributed by atoms with E-state index in [4.69, 9.17) is 12.2 Å². The zero-order valence-electron chi connectivity index (χ0n) is 3.73. The van der Waals surface area contributed by atoms with E-state index in [0.29, 0.717) is 0 Å². The maximum Gasteiger partial charge on any atom is 0.0911 e. The Hall–Kier alpha value is 0.200. The Morgan fingerprint density at radius 2 is 2.57 bits per heavy atom. The third-order valence-electron chi connectivity index (χ3n) is 0.694. The molecule has 0 radical (unpaired) electrons. The summed E-state index contributed by atoms with van der Waals surface area (Å²) in [6, 6.07) is 0. The molecule has 1 saturated heterocycles. The van der Waals surface area contributed by atoms with Crippen molar-refractivity contribution in [2.24, 2.45) is 0 Å². The SMILES string of the molecule is S=C1CCSNN1. The molecular weight excluding hydrogens is 128 g/mol. The third kappa shape index (κ3) is 1.63. The van der Waals surface area contributed by atoms with Crippen molar-refractivity contribution in [3.8, 4) is 0 Å². The van der Waals surface area contributed by atoms with Crippen molar-refractivity contribution < 1.29 is 0 Å². The molecule has 0 aliphatic carbocycles. The Kier molecular flexibility index (Phi) is 1.90. The molecule has 7 heavy (non-hydrogen) atoms. The molecule has 0 aromatic rings. The topological polar surface area (TPSA) is 24.1 Å². The molecule has 1 fully saturated rings. The van der Waals surface area contributed by atoms with E-state index in [0.717, 1.165) is 17.2 Å². The smallest absolute Gasteiger partial charge is 0.0911 e. The largest absolute Gasteiger partial charge is 0.306 e. The van der Waals surface area contributed by atoms with Gasteiger partial charge in [-0.15, -0.1) is 0 Å². The van der Waals surface area contributed by atoms with Gasteiger partial charge >= 0.3 is 0 Å². The fourth-order valence-electron chi connectivity index (χ4n) is 0.350. The lowest BCUT2D eigenvalue weighted by Crippen LogP contribution is -2.35. The van der Waals surface area contributed by atoms with E-state index < -0.39 is 0 Å². The lowest BCUT2D eigenvalue weighted by atomic mass is 10.5. The minimum Gasteiger partial charge on any atom is -0.306 e. The van der Waals surface area contributed by atoms with Gasteiger partial charge in [0.25, 0.3) is 0 Å². The number of nitrogens with one attached hydrogen (secondary N) is 2. The van der Waals surface area contributed by atoms with Gasteiger partial charge in [0, 0.05) is 12.2 Å². The van der Waals surface area contributed by atoms with E-state index in [1.54, 1.807) is 11.9 Å². The van der Waals surface area contributed by atoms with Crippen LogP contribution in [0, 0.1) is 0 Å². The van der Waals surface area contributed by atoms with Gasteiger partial charge in [0.15, 0.2) is 0 Å². The van der Waals surface area contributed by atoms with Crippen LogP contribution in [0.2, 0.25) is 0 Å². The minimum absolute atomic E-state index is 0.916. The molecule has 1 heterocycles. The van der Waals surface area contributed by atoms with Crippen molar-refractivity contribution in [1.29, 1.82) is 0 Å². The molecule has 1 rings (SSSR count). The number of hydrogen-bond donors (Lipinski definition) is 2. The van der Waals surface area contributed by atoms with E-state index in [1.807, 2.05) is 0 Å². The quantitative estimate of drug-likeness (QED) is 0.371. The molecule has 0 unspecified atom stereocenters. The van der Waals surface area contributed by atoms with E-state index in [1.165, 1.54) is 0 Å². The molecule has 0 amide bonds. The molecule has 0 atom stereocenters. The Balaban J connectivity index is 2.25. The van der Waals surface area contributed by atoms with Gasteiger partial charge in [0.2, 0.25) is 0 Å². The molecule has 0 aromatic carbocycles. The summed E-state index contributed by atoms with van der Waals surface area (Å²) in [5.74, 6) is 1.09. The Morgan fingerprint density at radius 3 is 2.86 bits per heavy atom. The summed E-state index contributed by atoms with van der Waals surface area (Å²) in [6.45, 7) is 0. The van der Waals surface area contributed by atoms with Crippen LogP contribution in [-0.2, 0) is 0 Å². The van der Waals surface area contributed by atoms with E-state index in [2.05, 4.69) is 10.3 Å². The van der Waals surface area contributed by atoms with Crippen LogP contribution in [0.5, 0.6) is 0 Å². The van der Waals surface area contributed by atoms with Gasteiger partial charge in [-0.05, 0) is 0 Å². The van der Waals surface area contributed by atoms with Crippen LogP contribution in [-0.4, -0.2) is 10.7 Å². The lowest BCUT2D eigenvalue weighted by molar-refractivity contribution is 0.894. The van der Waals surface area contributed by atoms with Gasteiger partial charge in [-0.3, -0.25) is 0 Å². The highest BCUT2D eigenvalue weighted by Gasteiger charge is 2.00. The van der Waals surface area contributed by atoms with Gasteiger partial charge in [-0.25, -0.2) is 0 Å². The molecular formula is C3H6N2S2. The fraction of sp³-hybridized carbons (Fsp3) is 0.667. The van der Waals surface area contributed by atoms with E-state index >= 15 is 0 Å². The summed E-state index contributed by atoms with van der Waals surface area (Å²) in [7, 11) is 0. The van der Waals surface area contributed by atoms with Crippen LogP contribution in [0.1, 0.15) is 6.42 Å². The lowest BCUT2D eigenvalue weighted by Gasteiger charge is -2.12. The molecule has 40 valence electrons. The molecule has 0 saturated carbocycles. The van der Waals surface area contributed by atoms with Crippen molar-refractivity contribution in [1.82, 2.24) is 10.3 Å². The number of hydrogen-bond acceptors (Lipinski definition) is 3. The van der Waals surface area contributed by atoms with Crippen LogP contribution in [0.25, 0.3) is 0 Å². The number of hydrazine groups is 1. The average Bonchev–Trinajstić information content (AvgIpc) is 1.69. The molecule has 2 nitrogen and oxygen atoms in total. The van der Waals surface area contributed by atoms with E-state index in [9.17, 15) is 0 Å². The van der Waals surface area contributed by atoms with Crippen LogP contribution >= 0.6 is 24.2 Å². The molecule has 4 heteroatoms. The van der Waals surface area contributed by atoms with E-state index in [-0.39, 0.29) is 0 Å². The van der Waals surface area contributed by atoms with Gasteiger partial charge in [-0.1, -0.05) is 24.2 Å².